The minimum atomic E-state index is 0.650. The Morgan fingerprint density at radius 3 is 2.61 bits per heavy atom. The van der Waals surface area contributed by atoms with Crippen molar-refractivity contribution < 1.29 is 4.74 Å². The highest BCUT2D eigenvalue weighted by atomic mass is 35.5. The molecule has 0 radical (unpaired) electrons. The van der Waals surface area contributed by atoms with Crippen molar-refractivity contribution in [1.82, 2.24) is 14.6 Å². The molecule has 0 N–H and O–H groups in total. The number of nitrogens with zero attached hydrogens (tertiary/aromatic N) is 4. The Bertz CT molecular complexity index is 992. The van der Waals surface area contributed by atoms with Gasteiger partial charge in [0.15, 0.2) is 5.65 Å². The second kappa shape index (κ2) is 8.00. The fourth-order valence-corrected chi connectivity index (χ4v) is 4.44. The molecule has 0 fully saturated rings. The van der Waals surface area contributed by atoms with Crippen LogP contribution in [0.1, 0.15) is 44.4 Å². The number of halogens is 1. The molecule has 0 spiro atoms. The van der Waals surface area contributed by atoms with Crippen LogP contribution in [0, 0.1) is 0 Å². The Morgan fingerprint density at radius 2 is 1.93 bits per heavy atom. The number of methoxy groups -OCH3 is 1. The van der Waals surface area contributed by atoms with Crippen LogP contribution < -0.4 is 9.64 Å². The number of rotatable bonds is 7. The highest BCUT2D eigenvalue weighted by Gasteiger charge is 2.25. The molecule has 0 atom stereocenters. The number of benzene rings is 1. The standard InChI is InChI=1S/C22H27ClN4O/c1-4-11-26(12-5-2)22-17-7-6-8-20(17)25-21-18(14-24-27(21)22)16-10-9-15(28-3)13-19(16)23/h9-10,13-14H,4-8,11-12H2,1-3H3. The van der Waals surface area contributed by atoms with Crippen LogP contribution in [0.2, 0.25) is 5.02 Å². The maximum absolute atomic E-state index is 6.56. The largest absolute Gasteiger partial charge is 0.497 e. The summed E-state index contributed by atoms with van der Waals surface area (Å²) in [6.07, 6.45) is 7.38. The van der Waals surface area contributed by atoms with E-state index < -0.39 is 0 Å². The first kappa shape index (κ1) is 19.1. The van der Waals surface area contributed by atoms with Crippen LogP contribution >= 0.6 is 11.6 Å². The van der Waals surface area contributed by atoms with Gasteiger partial charge in [0.1, 0.15) is 11.6 Å². The minimum absolute atomic E-state index is 0.650. The van der Waals surface area contributed by atoms with Gasteiger partial charge in [-0.15, -0.1) is 0 Å². The monoisotopic (exact) mass is 398 g/mol. The van der Waals surface area contributed by atoms with E-state index in [4.69, 9.17) is 26.4 Å². The first-order valence-corrected chi connectivity index (χ1v) is 10.5. The van der Waals surface area contributed by atoms with Crippen molar-refractivity contribution in [3.05, 3.63) is 40.7 Å². The van der Waals surface area contributed by atoms with Crippen LogP contribution in [0.25, 0.3) is 16.8 Å². The van der Waals surface area contributed by atoms with E-state index in [0.717, 1.165) is 67.7 Å². The van der Waals surface area contributed by atoms with E-state index in [1.807, 2.05) is 28.9 Å². The molecular weight excluding hydrogens is 372 g/mol. The van der Waals surface area contributed by atoms with Gasteiger partial charge in [-0.1, -0.05) is 25.4 Å². The lowest BCUT2D eigenvalue weighted by Gasteiger charge is -2.26. The van der Waals surface area contributed by atoms with Gasteiger partial charge in [0.05, 0.1) is 18.3 Å². The van der Waals surface area contributed by atoms with E-state index >= 15 is 0 Å². The molecule has 0 amide bonds. The summed E-state index contributed by atoms with van der Waals surface area (Å²) >= 11 is 6.56. The van der Waals surface area contributed by atoms with Crippen molar-refractivity contribution in [2.75, 3.05) is 25.1 Å². The zero-order chi connectivity index (χ0) is 19.7. The van der Waals surface area contributed by atoms with E-state index in [2.05, 4.69) is 18.7 Å². The van der Waals surface area contributed by atoms with Gasteiger partial charge in [0.2, 0.25) is 0 Å². The van der Waals surface area contributed by atoms with E-state index in [9.17, 15) is 0 Å². The van der Waals surface area contributed by atoms with Gasteiger partial charge in [-0.05, 0) is 50.3 Å². The molecule has 1 aliphatic carbocycles. The molecule has 4 rings (SSSR count). The lowest BCUT2D eigenvalue weighted by Crippen LogP contribution is -2.29. The van der Waals surface area contributed by atoms with Gasteiger partial charge in [-0.2, -0.15) is 9.61 Å². The molecule has 1 aliphatic rings. The molecule has 0 bridgehead atoms. The second-order valence-electron chi connectivity index (χ2n) is 7.34. The van der Waals surface area contributed by atoms with Crippen molar-refractivity contribution in [3.8, 4) is 16.9 Å². The summed E-state index contributed by atoms with van der Waals surface area (Å²) < 4.78 is 7.33. The van der Waals surface area contributed by atoms with E-state index in [-0.39, 0.29) is 0 Å². The summed E-state index contributed by atoms with van der Waals surface area (Å²) in [4.78, 5) is 7.50. The van der Waals surface area contributed by atoms with Crippen molar-refractivity contribution in [2.45, 2.75) is 46.0 Å². The topological polar surface area (TPSA) is 42.7 Å². The van der Waals surface area contributed by atoms with Crippen molar-refractivity contribution in [1.29, 1.82) is 0 Å². The summed E-state index contributed by atoms with van der Waals surface area (Å²) in [7, 11) is 1.65. The number of aromatic nitrogens is 3. The molecule has 0 saturated heterocycles. The number of hydrogen-bond donors (Lipinski definition) is 0. The summed E-state index contributed by atoms with van der Waals surface area (Å²) in [5, 5.41) is 5.41. The van der Waals surface area contributed by atoms with E-state index in [0.29, 0.717) is 5.02 Å². The van der Waals surface area contributed by atoms with Crippen LogP contribution in [0.3, 0.4) is 0 Å². The molecule has 6 heteroatoms. The van der Waals surface area contributed by atoms with Crippen molar-refractivity contribution in [3.63, 3.8) is 0 Å². The van der Waals surface area contributed by atoms with Gasteiger partial charge >= 0.3 is 0 Å². The summed E-state index contributed by atoms with van der Waals surface area (Å²) in [5.41, 5.74) is 5.37. The van der Waals surface area contributed by atoms with Gasteiger partial charge in [0.25, 0.3) is 0 Å². The van der Waals surface area contributed by atoms with Crippen LogP contribution in [0.4, 0.5) is 5.82 Å². The molecule has 0 unspecified atom stereocenters. The van der Waals surface area contributed by atoms with Crippen LogP contribution in [-0.4, -0.2) is 34.8 Å². The maximum atomic E-state index is 6.56. The molecule has 1 aromatic carbocycles. The van der Waals surface area contributed by atoms with Gasteiger partial charge in [0, 0.05) is 35.5 Å². The molecular formula is C22H27ClN4O. The number of anilines is 1. The number of fused-ring (bicyclic) bond motifs is 2. The predicted molar refractivity (Wildman–Crippen MR) is 115 cm³/mol. The molecule has 3 aromatic rings. The highest BCUT2D eigenvalue weighted by molar-refractivity contribution is 6.33. The van der Waals surface area contributed by atoms with Crippen LogP contribution in [0.5, 0.6) is 5.75 Å². The first-order chi connectivity index (χ1) is 13.7. The molecule has 2 aromatic heterocycles. The maximum Gasteiger partial charge on any atom is 0.165 e. The molecule has 0 aliphatic heterocycles. The fourth-order valence-electron chi connectivity index (χ4n) is 4.17. The Kier molecular flexibility index (Phi) is 5.44. The Labute approximate surface area is 171 Å². The summed E-state index contributed by atoms with van der Waals surface area (Å²) in [5.74, 6) is 1.97. The van der Waals surface area contributed by atoms with E-state index in [1.54, 1.807) is 7.11 Å². The molecule has 0 saturated carbocycles. The van der Waals surface area contributed by atoms with Crippen LogP contribution in [-0.2, 0) is 12.8 Å². The second-order valence-corrected chi connectivity index (χ2v) is 7.75. The van der Waals surface area contributed by atoms with Crippen LogP contribution in [0.15, 0.2) is 24.4 Å². The quantitative estimate of drug-likeness (QED) is 0.550. The molecule has 148 valence electrons. The highest BCUT2D eigenvalue weighted by Crippen LogP contribution is 2.37. The fraction of sp³-hybridized carbons (Fsp3) is 0.455. The van der Waals surface area contributed by atoms with Gasteiger partial charge in [-0.25, -0.2) is 4.98 Å². The summed E-state index contributed by atoms with van der Waals surface area (Å²) in [6.45, 7) is 6.51. The average molecular weight is 399 g/mol. The predicted octanol–water partition coefficient (Wildman–Crippen LogP) is 5.17. The van der Waals surface area contributed by atoms with Crippen molar-refractivity contribution >= 4 is 23.1 Å². The normalized spacial score (nSPS) is 13.1. The third-order valence-corrected chi connectivity index (χ3v) is 5.71. The SMILES string of the molecule is CCCN(CCC)c1c2c(nc3c(-c4ccc(OC)cc4Cl)cnn13)CCC2. The van der Waals surface area contributed by atoms with Crippen molar-refractivity contribution in [2.24, 2.45) is 0 Å². The number of aryl methyl sites for hydroxylation is 1. The smallest absolute Gasteiger partial charge is 0.165 e. The first-order valence-electron chi connectivity index (χ1n) is 10.2. The zero-order valence-corrected chi connectivity index (χ0v) is 17.6. The van der Waals surface area contributed by atoms with E-state index in [1.165, 1.54) is 17.1 Å². The Balaban J connectivity index is 1.92. The van der Waals surface area contributed by atoms with Gasteiger partial charge < -0.3 is 9.64 Å². The molecule has 5 nitrogen and oxygen atoms in total. The minimum Gasteiger partial charge on any atom is -0.497 e. The third kappa shape index (κ3) is 3.22. The number of ether oxygens (including phenoxy) is 1. The zero-order valence-electron chi connectivity index (χ0n) is 16.8. The number of hydrogen-bond acceptors (Lipinski definition) is 4. The molecule has 28 heavy (non-hydrogen) atoms. The third-order valence-electron chi connectivity index (χ3n) is 5.40. The molecule has 2 heterocycles. The van der Waals surface area contributed by atoms with Gasteiger partial charge in [-0.3, -0.25) is 0 Å². The lowest BCUT2D eigenvalue weighted by atomic mass is 10.1. The lowest BCUT2D eigenvalue weighted by molar-refractivity contribution is 0.415. The summed E-state index contributed by atoms with van der Waals surface area (Å²) in [6, 6.07) is 5.76. The Hall–Kier alpha value is -2.27. The Morgan fingerprint density at radius 1 is 1.14 bits per heavy atom. The average Bonchev–Trinajstić information content (AvgIpc) is 3.32.